The number of thiocarbonyl (C=S) groups is 1. The quantitative estimate of drug-likeness (QED) is 0.528. The van der Waals surface area contributed by atoms with Crippen molar-refractivity contribution >= 4 is 40.6 Å². The molecule has 3 nitrogen and oxygen atoms in total. The SMILES string of the molecule is CC(C)C1CC1(CC(F)(F)F)C(=O)NCc1ccc(Cl)c(N=C=S)c1. The van der Waals surface area contributed by atoms with E-state index in [2.05, 4.69) is 27.7 Å². The van der Waals surface area contributed by atoms with E-state index in [4.69, 9.17) is 11.6 Å². The molecule has 1 aromatic rings. The average Bonchev–Trinajstić information content (AvgIpc) is 3.21. The lowest BCUT2D eigenvalue weighted by Crippen LogP contribution is -2.36. The maximum atomic E-state index is 12.9. The number of benzene rings is 1. The standard InChI is InChI=1S/C17H18ClF3N2OS/c1-10(2)12-6-16(12,8-17(19,20)21)15(24)22-7-11-3-4-13(18)14(5-11)23-9-25/h3-5,10,12H,6-8H2,1-2H3,(H,22,24). The third-order valence-electron chi connectivity index (χ3n) is 4.54. The fourth-order valence-corrected chi connectivity index (χ4v) is 3.53. The zero-order chi connectivity index (χ0) is 18.8. The fraction of sp³-hybridized carbons (Fsp3) is 0.529. The highest BCUT2D eigenvalue weighted by molar-refractivity contribution is 7.78. The van der Waals surface area contributed by atoms with Crippen LogP contribution < -0.4 is 5.32 Å². The van der Waals surface area contributed by atoms with Crippen molar-refractivity contribution in [1.29, 1.82) is 0 Å². The number of halogens is 4. The summed E-state index contributed by atoms with van der Waals surface area (Å²) in [7, 11) is 0. The maximum Gasteiger partial charge on any atom is 0.390 e. The highest BCUT2D eigenvalue weighted by Crippen LogP contribution is 2.61. The van der Waals surface area contributed by atoms with Crippen LogP contribution in [0.3, 0.4) is 0 Å². The first-order valence-electron chi connectivity index (χ1n) is 7.80. The fourth-order valence-electron chi connectivity index (χ4n) is 3.27. The van der Waals surface area contributed by atoms with Gasteiger partial charge in [-0.05, 0) is 48.2 Å². The Hall–Kier alpha value is -1.43. The summed E-state index contributed by atoms with van der Waals surface area (Å²) in [5.74, 6) is -0.792. The molecule has 0 aliphatic heterocycles. The van der Waals surface area contributed by atoms with Crippen molar-refractivity contribution in [2.45, 2.75) is 39.4 Å². The molecule has 1 fully saturated rings. The van der Waals surface area contributed by atoms with Gasteiger partial charge in [-0.3, -0.25) is 4.79 Å². The molecule has 2 rings (SSSR count). The smallest absolute Gasteiger partial charge is 0.352 e. The summed E-state index contributed by atoms with van der Waals surface area (Å²) < 4.78 is 38.7. The van der Waals surface area contributed by atoms with Gasteiger partial charge in [-0.15, -0.1) is 0 Å². The van der Waals surface area contributed by atoms with Crippen molar-refractivity contribution in [3.8, 4) is 0 Å². The Morgan fingerprint density at radius 1 is 1.52 bits per heavy atom. The van der Waals surface area contributed by atoms with Gasteiger partial charge < -0.3 is 5.32 Å². The molecule has 0 saturated heterocycles. The van der Waals surface area contributed by atoms with Crippen molar-refractivity contribution < 1.29 is 18.0 Å². The van der Waals surface area contributed by atoms with Gasteiger partial charge in [-0.1, -0.05) is 31.5 Å². The van der Waals surface area contributed by atoms with Crippen LogP contribution in [0.15, 0.2) is 23.2 Å². The molecule has 0 heterocycles. The molecule has 0 bridgehead atoms. The van der Waals surface area contributed by atoms with Crippen molar-refractivity contribution in [1.82, 2.24) is 5.32 Å². The van der Waals surface area contributed by atoms with Gasteiger partial charge in [0.25, 0.3) is 0 Å². The number of hydrogen-bond donors (Lipinski definition) is 1. The van der Waals surface area contributed by atoms with Gasteiger partial charge in [-0.2, -0.15) is 18.2 Å². The topological polar surface area (TPSA) is 41.5 Å². The third-order valence-corrected chi connectivity index (χ3v) is 4.95. The predicted molar refractivity (Wildman–Crippen MR) is 94.0 cm³/mol. The molecule has 25 heavy (non-hydrogen) atoms. The van der Waals surface area contributed by atoms with E-state index in [-0.39, 0.29) is 24.8 Å². The van der Waals surface area contributed by atoms with E-state index in [1.807, 2.05) is 13.8 Å². The van der Waals surface area contributed by atoms with Crippen LogP contribution in [0.4, 0.5) is 18.9 Å². The lowest BCUT2D eigenvalue weighted by Gasteiger charge is -2.20. The van der Waals surface area contributed by atoms with Gasteiger partial charge in [0.2, 0.25) is 5.91 Å². The summed E-state index contributed by atoms with van der Waals surface area (Å²) in [5.41, 5.74) is -0.278. The summed E-state index contributed by atoms with van der Waals surface area (Å²) in [4.78, 5) is 16.3. The number of nitrogens with zero attached hydrogens (tertiary/aromatic N) is 1. The number of nitrogens with one attached hydrogen (secondary N) is 1. The monoisotopic (exact) mass is 390 g/mol. The number of hydrogen-bond acceptors (Lipinski definition) is 3. The van der Waals surface area contributed by atoms with Crippen molar-refractivity contribution in [2.24, 2.45) is 22.2 Å². The number of rotatable bonds is 6. The first-order chi connectivity index (χ1) is 11.6. The Morgan fingerprint density at radius 3 is 2.72 bits per heavy atom. The summed E-state index contributed by atoms with van der Waals surface area (Å²) in [6.45, 7) is 3.77. The van der Waals surface area contributed by atoms with Crippen LogP contribution in [0, 0.1) is 17.3 Å². The minimum absolute atomic E-state index is 0.0205. The Labute approximate surface area is 154 Å². The van der Waals surface area contributed by atoms with Gasteiger partial charge in [0.05, 0.1) is 27.7 Å². The van der Waals surface area contributed by atoms with Crippen LogP contribution in [-0.2, 0) is 11.3 Å². The molecule has 1 saturated carbocycles. The van der Waals surface area contributed by atoms with Gasteiger partial charge >= 0.3 is 6.18 Å². The van der Waals surface area contributed by atoms with E-state index in [1.54, 1.807) is 18.2 Å². The van der Waals surface area contributed by atoms with E-state index in [1.165, 1.54) is 0 Å². The van der Waals surface area contributed by atoms with Crippen LogP contribution in [0.2, 0.25) is 5.02 Å². The zero-order valence-electron chi connectivity index (χ0n) is 13.8. The minimum Gasteiger partial charge on any atom is -0.352 e. The Kier molecular flexibility index (Phi) is 5.92. The van der Waals surface area contributed by atoms with E-state index < -0.39 is 23.9 Å². The van der Waals surface area contributed by atoms with Crippen LogP contribution in [0.25, 0.3) is 0 Å². The molecule has 1 aliphatic carbocycles. The van der Waals surface area contributed by atoms with Gasteiger partial charge in [0, 0.05) is 6.54 Å². The molecular formula is C17H18ClF3N2OS. The number of aliphatic imine (C=N–C) groups is 1. The Bertz CT molecular complexity index is 716. The average molecular weight is 391 g/mol. The lowest BCUT2D eigenvalue weighted by atomic mass is 9.92. The number of alkyl halides is 3. The first kappa shape index (κ1) is 19.9. The van der Waals surface area contributed by atoms with Crippen molar-refractivity contribution in [3.63, 3.8) is 0 Å². The molecule has 1 aliphatic rings. The Balaban J connectivity index is 2.10. The van der Waals surface area contributed by atoms with Crippen molar-refractivity contribution in [3.05, 3.63) is 28.8 Å². The summed E-state index contributed by atoms with van der Waals surface area (Å²) in [6, 6.07) is 4.88. The third kappa shape index (κ3) is 4.81. The molecule has 1 amide bonds. The van der Waals surface area contributed by atoms with Gasteiger partial charge in [0.15, 0.2) is 0 Å². The van der Waals surface area contributed by atoms with Gasteiger partial charge in [-0.25, -0.2) is 0 Å². The molecule has 1 aromatic carbocycles. The second kappa shape index (κ2) is 7.44. The molecule has 1 N–H and O–H groups in total. The Morgan fingerprint density at radius 2 is 2.20 bits per heavy atom. The largest absolute Gasteiger partial charge is 0.390 e. The molecule has 2 unspecified atom stereocenters. The summed E-state index contributed by atoms with van der Waals surface area (Å²) >= 11 is 10.5. The van der Waals surface area contributed by atoms with Crippen molar-refractivity contribution in [2.75, 3.05) is 0 Å². The molecule has 0 aromatic heterocycles. The van der Waals surface area contributed by atoms with Gasteiger partial charge in [0.1, 0.15) is 0 Å². The maximum absolute atomic E-state index is 12.9. The summed E-state index contributed by atoms with van der Waals surface area (Å²) in [6.07, 6.45) is -5.20. The highest BCUT2D eigenvalue weighted by Gasteiger charge is 2.64. The summed E-state index contributed by atoms with van der Waals surface area (Å²) in [5, 5.41) is 5.21. The lowest BCUT2D eigenvalue weighted by molar-refractivity contribution is -0.159. The normalized spacial score (nSPS) is 22.4. The van der Waals surface area contributed by atoms with E-state index in [0.717, 1.165) is 0 Å². The molecule has 2 atom stereocenters. The number of carbonyl (C=O) groups excluding carboxylic acids is 1. The van der Waals surface area contributed by atoms with E-state index >= 15 is 0 Å². The predicted octanol–water partition coefficient (Wildman–Crippen LogP) is 5.31. The molecule has 136 valence electrons. The van der Waals surface area contributed by atoms with Crippen LogP contribution in [0.1, 0.15) is 32.3 Å². The molecule has 0 spiro atoms. The second-order valence-electron chi connectivity index (χ2n) is 6.67. The second-order valence-corrected chi connectivity index (χ2v) is 7.26. The van der Waals surface area contributed by atoms with E-state index in [9.17, 15) is 18.0 Å². The molecule has 8 heteroatoms. The van der Waals surface area contributed by atoms with E-state index in [0.29, 0.717) is 16.3 Å². The van der Waals surface area contributed by atoms with Crippen LogP contribution in [-0.4, -0.2) is 17.2 Å². The number of amides is 1. The minimum atomic E-state index is -4.37. The molecular weight excluding hydrogens is 373 g/mol. The molecule has 0 radical (unpaired) electrons. The highest BCUT2D eigenvalue weighted by atomic mass is 35.5. The number of carbonyl (C=O) groups is 1. The first-order valence-corrected chi connectivity index (χ1v) is 8.59. The number of isothiocyanates is 1. The van der Waals surface area contributed by atoms with Crippen LogP contribution >= 0.6 is 23.8 Å². The van der Waals surface area contributed by atoms with Crippen LogP contribution in [0.5, 0.6) is 0 Å². The zero-order valence-corrected chi connectivity index (χ0v) is 15.4.